The molecule has 8 nitrogen and oxygen atoms in total. The summed E-state index contributed by atoms with van der Waals surface area (Å²) in [5, 5.41) is 8.52. The zero-order chi connectivity index (χ0) is 24.8. The van der Waals surface area contributed by atoms with Gasteiger partial charge in [0.15, 0.2) is 5.82 Å². The largest absolute Gasteiger partial charge is 0.336 e. The molecule has 0 saturated carbocycles. The normalized spacial score (nSPS) is 14.2. The Morgan fingerprint density at radius 1 is 0.865 bits per heavy atom. The van der Waals surface area contributed by atoms with Gasteiger partial charge in [-0.3, -0.25) is 25.0 Å². The SMILES string of the molecule is Fc1ccc(-c2nccc3[nH]c(-c4n[nH]c5cnc(-c6cncc(CN7CCCC7)c6)cc45)nc23)cc1. The molecule has 7 rings (SSSR count). The number of halogens is 1. The molecule has 1 fully saturated rings. The first kappa shape index (κ1) is 21.8. The van der Waals surface area contributed by atoms with Crippen LogP contribution in [0.1, 0.15) is 18.4 Å². The van der Waals surface area contributed by atoms with Crippen molar-refractivity contribution in [3.8, 4) is 34.0 Å². The van der Waals surface area contributed by atoms with E-state index >= 15 is 0 Å². The fraction of sp³-hybridized carbons (Fsp3) is 0.179. The van der Waals surface area contributed by atoms with Crippen molar-refractivity contribution < 1.29 is 4.39 Å². The Morgan fingerprint density at radius 2 is 1.73 bits per heavy atom. The number of imidazole rings is 1. The molecule has 0 radical (unpaired) electrons. The molecule has 1 saturated heterocycles. The van der Waals surface area contributed by atoms with Crippen LogP contribution in [0.4, 0.5) is 4.39 Å². The molecule has 0 amide bonds. The van der Waals surface area contributed by atoms with Crippen LogP contribution in [0.25, 0.3) is 56.0 Å². The van der Waals surface area contributed by atoms with Crippen LogP contribution in [0.5, 0.6) is 0 Å². The van der Waals surface area contributed by atoms with E-state index in [1.54, 1.807) is 24.5 Å². The molecule has 0 bridgehead atoms. The summed E-state index contributed by atoms with van der Waals surface area (Å²) in [6.45, 7) is 3.19. The fourth-order valence-electron chi connectivity index (χ4n) is 5.03. The molecule has 37 heavy (non-hydrogen) atoms. The van der Waals surface area contributed by atoms with E-state index in [2.05, 4.69) is 41.1 Å². The van der Waals surface area contributed by atoms with Gasteiger partial charge in [0.1, 0.15) is 17.0 Å². The predicted molar refractivity (Wildman–Crippen MR) is 140 cm³/mol. The van der Waals surface area contributed by atoms with Crippen molar-refractivity contribution >= 4 is 21.9 Å². The van der Waals surface area contributed by atoms with Gasteiger partial charge in [-0.25, -0.2) is 9.37 Å². The first-order valence-electron chi connectivity index (χ1n) is 12.3. The maximum Gasteiger partial charge on any atom is 0.159 e. The smallest absolute Gasteiger partial charge is 0.159 e. The van der Waals surface area contributed by atoms with Gasteiger partial charge in [-0.05, 0) is 74.0 Å². The molecule has 9 heteroatoms. The summed E-state index contributed by atoms with van der Waals surface area (Å²) in [7, 11) is 0. The number of likely N-dealkylation sites (tertiary alicyclic amines) is 1. The van der Waals surface area contributed by atoms with Crippen molar-refractivity contribution in [3.05, 3.63) is 78.6 Å². The van der Waals surface area contributed by atoms with Gasteiger partial charge in [0.2, 0.25) is 0 Å². The number of fused-ring (bicyclic) bond motifs is 2. The highest BCUT2D eigenvalue weighted by molar-refractivity contribution is 5.96. The lowest BCUT2D eigenvalue weighted by Crippen LogP contribution is -2.18. The summed E-state index contributed by atoms with van der Waals surface area (Å²) < 4.78 is 13.5. The Labute approximate surface area is 211 Å². The molecule has 1 aliphatic heterocycles. The molecule has 5 aromatic heterocycles. The highest BCUT2D eigenvalue weighted by atomic mass is 19.1. The number of H-pyrrole nitrogens is 2. The van der Waals surface area contributed by atoms with E-state index < -0.39 is 0 Å². The maximum atomic E-state index is 13.5. The van der Waals surface area contributed by atoms with E-state index in [4.69, 9.17) is 4.98 Å². The van der Waals surface area contributed by atoms with Gasteiger partial charge in [0.25, 0.3) is 0 Å². The lowest BCUT2D eigenvalue weighted by Gasteiger charge is -2.14. The summed E-state index contributed by atoms with van der Waals surface area (Å²) in [6, 6.07) is 12.3. The third-order valence-corrected chi connectivity index (χ3v) is 6.89. The number of benzene rings is 1. The fourth-order valence-corrected chi connectivity index (χ4v) is 5.03. The molecule has 0 spiro atoms. The van der Waals surface area contributed by atoms with Gasteiger partial charge in [0.05, 0.1) is 28.6 Å². The number of hydrogen-bond acceptors (Lipinski definition) is 6. The van der Waals surface area contributed by atoms with Gasteiger partial charge >= 0.3 is 0 Å². The Hall–Kier alpha value is -4.50. The lowest BCUT2D eigenvalue weighted by atomic mass is 10.1. The van der Waals surface area contributed by atoms with Gasteiger partial charge in [-0.2, -0.15) is 5.10 Å². The Kier molecular flexibility index (Phi) is 5.21. The van der Waals surface area contributed by atoms with Crippen LogP contribution in [0.2, 0.25) is 0 Å². The molecule has 6 aromatic rings. The van der Waals surface area contributed by atoms with E-state index in [0.717, 1.165) is 52.9 Å². The number of hydrogen-bond donors (Lipinski definition) is 2. The monoisotopic (exact) mass is 490 g/mol. The number of nitrogens with zero attached hydrogens (tertiary/aromatic N) is 6. The zero-order valence-corrected chi connectivity index (χ0v) is 19.9. The van der Waals surface area contributed by atoms with E-state index in [-0.39, 0.29) is 5.82 Å². The highest BCUT2D eigenvalue weighted by Crippen LogP contribution is 2.31. The molecule has 1 aromatic carbocycles. The van der Waals surface area contributed by atoms with Crippen LogP contribution in [0.3, 0.4) is 0 Å². The van der Waals surface area contributed by atoms with Crippen molar-refractivity contribution in [1.82, 2.24) is 40.0 Å². The molecule has 0 aliphatic carbocycles. The van der Waals surface area contributed by atoms with Crippen molar-refractivity contribution in [2.45, 2.75) is 19.4 Å². The van der Waals surface area contributed by atoms with Crippen LogP contribution in [-0.2, 0) is 6.54 Å². The minimum absolute atomic E-state index is 0.289. The summed E-state index contributed by atoms with van der Waals surface area (Å²) in [5.74, 6) is 0.332. The van der Waals surface area contributed by atoms with E-state index in [1.807, 2.05) is 24.5 Å². The average Bonchev–Trinajstić information content (AvgIpc) is 3.68. The average molecular weight is 491 g/mol. The van der Waals surface area contributed by atoms with Crippen molar-refractivity contribution in [1.29, 1.82) is 0 Å². The zero-order valence-electron chi connectivity index (χ0n) is 19.9. The Balaban J connectivity index is 1.27. The van der Waals surface area contributed by atoms with Crippen molar-refractivity contribution in [2.24, 2.45) is 0 Å². The predicted octanol–water partition coefficient (Wildman–Crippen LogP) is 5.36. The van der Waals surface area contributed by atoms with Crippen LogP contribution < -0.4 is 0 Å². The molecule has 6 heterocycles. The maximum absolute atomic E-state index is 13.5. The highest BCUT2D eigenvalue weighted by Gasteiger charge is 2.17. The third-order valence-electron chi connectivity index (χ3n) is 6.89. The van der Waals surface area contributed by atoms with Crippen LogP contribution in [0.15, 0.2) is 67.3 Å². The van der Waals surface area contributed by atoms with Crippen molar-refractivity contribution in [2.75, 3.05) is 13.1 Å². The number of nitrogens with one attached hydrogen (secondary N) is 2. The van der Waals surface area contributed by atoms with Gasteiger partial charge < -0.3 is 4.98 Å². The van der Waals surface area contributed by atoms with Crippen molar-refractivity contribution in [3.63, 3.8) is 0 Å². The Bertz CT molecular complexity index is 1730. The molecule has 0 unspecified atom stereocenters. The van der Waals surface area contributed by atoms with Gasteiger partial charge in [0, 0.05) is 41.6 Å². The Morgan fingerprint density at radius 3 is 2.59 bits per heavy atom. The topological polar surface area (TPSA) is 99.3 Å². The molecular weight excluding hydrogens is 467 g/mol. The summed E-state index contributed by atoms with van der Waals surface area (Å²) in [4.78, 5) is 24.3. The standard InChI is InChI=1S/C28H23FN8/c29-20-5-3-18(4-6-20)25-27-22(7-8-31-25)33-28(34-27)26-21-12-23(32-15-24(21)35-36-26)19-11-17(13-30-14-19)16-37-9-1-2-10-37/h3-8,11-15H,1-2,9-10,16H2,(H,33,34)(H,35,36). The first-order chi connectivity index (χ1) is 18.2. The lowest BCUT2D eigenvalue weighted by molar-refractivity contribution is 0.331. The van der Waals surface area contributed by atoms with Crippen LogP contribution >= 0.6 is 0 Å². The minimum atomic E-state index is -0.289. The molecule has 182 valence electrons. The summed E-state index contributed by atoms with van der Waals surface area (Å²) in [6.07, 6.45) is 9.82. The second-order valence-electron chi connectivity index (χ2n) is 9.40. The number of pyridine rings is 3. The quantitative estimate of drug-likeness (QED) is 0.338. The van der Waals surface area contributed by atoms with E-state index in [0.29, 0.717) is 22.7 Å². The van der Waals surface area contributed by atoms with Gasteiger partial charge in [-0.15, -0.1) is 0 Å². The number of aromatic nitrogens is 7. The van der Waals surface area contributed by atoms with Gasteiger partial charge in [-0.1, -0.05) is 0 Å². The van der Waals surface area contributed by atoms with Crippen LogP contribution in [0, 0.1) is 5.82 Å². The molecular formula is C28H23FN8. The van der Waals surface area contributed by atoms with E-state index in [1.165, 1.54) is 30.5 Å². The summed E-state index contributed by atoms with van der Waals surface area (Å²) >= 11 is 0. The van der Waals surface area contributed by atoms with E-state index in [9.17, 15) is 4.39 Å². The minimum Gasteiger partial charge on any atom is -0.336 e. The second kappa shape index (κ2) is 8.86. The molecule has 1 aliphatic rings. The summed E-state index contributed by atoms with van der Waals surface area (Å²) in [5.41, 5.74) is 7.51. The number of rotatable bonds is 5. The second-order valence-corrected chi connectivity index (χ2v) is 9.40. The third kappa shape index (κ3) is 4.03. The molecule has 0 atom stereocenters. The number of aromatic amines is 2. The molecule has 2 N–H and O–H groups in total. The first-order valence-corrected chi connectivity index (χ1v) is 12.3. The van der Waals surface area contributed by atoms with Crippen LogP contribution in [-0.4, -0.2) is 53.1 Å².